The van der Waals surface area contributed by atoms with E-state index < -0.39 is 6.04 Å². The van der Waals surface area contributed by atoms with Crippen LogP contribution in [0, 0.1) is 0 Å². The minimum Gasteiger partial charge on any atom is -0.438 e. The Morgan fingerprint density at radius 2 is 1.84 bits per heavy atom. The monoisotopic (exact) mass is 446 g/mol. The molecule has 4 aromatic rings. The van der Waals surface area contributed by atoms with Crippen molar-refractivity contribution in [3.05, 3.63) is 95.6 Å². The second-order valence-electron chi connectivity index (χ2n) is 7.33. The molecule has 32 heavy (non-hydrogen) atoms. The quantitative estimate of drug-likeness (QED) is 0.384. The highest BCUT2D eigenvalue weighted by atomic mass is 35.5. The molecule has 0 radical (unpaired) electrons. The Balaban J connectivity index is 1.55. The number of aromatic nitrogens is 2. The maximum atomic E-state index is 13.1. The number of hydrogen-bond acceptors (Lipinski definition) is 5. The van der Waals surface area contributed by atoms with E-state index in [1.807, 2.05) is 42.5 Å². The van der Waals surface area contributed by atoms with E-state index in [9.17, 15) is 4.79 Å². The van der Waals surface area contributed by atoms with Crippen LogP contribution in [0.1, 0.15) is 35.1 Å². The summed E-state index contributed by atoms with van der Waals surface area (Å²) in [5.41, 5.74) is 8.65. The van der Waals surface area contributed by atoms with Crippen LogP contribution in [-0.2, 0) is 0 Å². The Morgan fingerprint density at radius 1 is 1.03 bits per heavy atom. The van der Waals surface area contributed by atoms with E-state index in [2.05, 4.69) is 15.3 Å². The third-order valence-electron chi connectivity index (χ3n) is 5.02. The Morgan fingerprint density at radius 3 is 2.62 bits per heavy atom. The summed E-state index contributed by atoms with van der Waals surface area (Å²) in [6.07, 6.45) is 4.66. The van der Waals surface area contributed by atoms with Crippen molar-refractivity contribution in [2.75, 3.05) is 6.54 Å². The highest BCUT2D eigenvalue weighted by molar-refractivity contribution is 6.30. The fraction of sp³-hybridized carbons (Fsp3) is 0.160. The molecule has 0 aliphatic rings. The third kappa shape index (κ3) is 5.22. The number of halogens is 1. The number of pyridine rings is 1. The number of carbonyl (C=O) groups is 1. The summed E-state index contributed by atoms with van der Waals surface area (Å²) in [6, 6.07) is 20.1. The fourth-order valence-electron chi connectivity index (χ4n) is 3.39. The number of nitrogens with one attached hydrogen (secondary N) is 1. The largest absolute Gasteiger partial charge is 0.438 e. The second kappa shape index (κ2) is 10.2. The highest BCUT2D eigenvalue weighted by Gasteiger charge is 2.21. The molecule has 2 heterocycles. The number of amides is 1. The van der Waals surface area contributed by atoms with Gasteiger partial charge in [0, 0.05) is 27.9 Å². The fourth-order valence-corrected chi connectivity index (χ4v) is 3.55. The lowest BCUT2D eigenvalue weighted by atomic mass is 10.1. The van der Waals surface area contributed by atoms with E-state index in [1.165, 1.54) is 0 Å². The van der Waals surface area contributed by atoms with Crippen LogP contribution < -0.4 is 11.1 Å². The number of carbonyl (C=O) groups excluding carboxylic acids is 1. The lowest BCUT2D eigenvalue weighted by Crippen LogP contribution is -2.29. The Labute approximate surface area is 191 Å². The van der Waals surface area contributed by atoms with Crippen molar-refractivity contribution in [3.8, 4) is 22.6 Å². The lowest BCUT2D eigenvalue weighted by Gasteiger charge is -2.16. The van der Waals surface area contributed by atoms with Gasteiger partial charge in [0.05, 0.1) is 11.9 Å². The Hall–Kier alpha value is -3.48. The maximum Gasteiger partial charge on any atom is 0.251 e. The summed E-state index contributed by atoms with van der Waals surface area (Å²) in [5, 5.41) is 3.63. The summed E-state index contributed by atoms with van der Waals surface area (Å²) in [4.78, 5) is 21.8. The Kier molecular flexibility index (Phi) is 6.94. The molecule has 0 spiro atoms. The van der Waals surface area contributed by atoms with Crippen molar-refractivity contribution in [3.63, 3.8) is 0 Å². The Bertz CT molecular complexity index is 1190. The van der Waals surface area contributed by atoms with Crippen molar-refractivity contribution in [2.24, 2.45) is 5.73 Å². The topological polar surface area (TPSA) is 94.0 Å². The van der Waals surface area contributed by atoms with Crippen molar-refractivity contribution in [2.45, 2.75) is 18.9 Å². The average molecular weight is 447 g/mol. The van der Waals surface area contributed by atoms with Gasteiger partial charge < -0.3 is 15.5 Å². The maximum absolute atomic E-state index is 13.1. The molecule has 1 amide bonds. The first-order valence-corrected chi connectivity index (χ1v) is 10.8. The summed E-state index contributed by atoms with van der Waals surface area (Å²) in [6.45, 7) is 0.508. The van der Waals surface area contributed by atoms with Gasteiger partial charge in [0.2, 0.25) is 5.89 Å². The second-order valence-corrected chi connectivity index (χ2v) is 7.76. The van der Waals surface area contributed by atoms with E-state index in [4.69, 9.17) is 21.8 Å². The first kappa shape index (κ1) is 21.7. The molecule has 1 atom stereocenters. The molecule has 162 valence electrons. The number of benzene rings is 2. The summed E-state index contributed by atoms with van der Waals surface area (Å²) in [5.74, 6) is 0.885. The average Bonchev–Trinajstić information content (AvgIpc) is 3.32. The van der Waals surface area contributed by atoms with E-state index >= 15 is 0 Å². The van der Waals surface area contributed by atoms with Crippen LogP contribution >= 0.6 is 11.6 Å². The molecular weight excluding hydrogens is 424 g/mol. The SMILES string of the molecule is NCCC[C@H](NC(=O)c1cccc(-c2cc(Cl)ccn2)c1)c1ncc(-c2ccccc2)o1. The molecule has 6 nitrogen and oxygen atoms in total. The van der Waals surface area contributed by atoms with E-state index in [1.54, 1.807) is 36.7 Å². The normalized spacial score (nSPS) is 11.8. The molecule has 0 aliphatic heterocycles. The van der Waals surface area contributed by atoms with Crippen LogP contribution in [0.5, 0.6) is 0 Å². The first-order chi connectivity index (χ1) is 15.6. The number of oxazole rings is 1. The first-order valence-electron chi connectivity index (χ1n) is 10.4. The van der Waals surface area contributed by atoms with Crippen LogP contribution in [0.2, 0.25) is 5.02 Å². The van der Waals surface area contributed by atoms with Crippen LogP contribution in [0.25, 0.3) is 22.6 Å². The number of hydrogen-bond donors (Lipinski definition) is 2. The van der Waals surface area contributed by atoms with Gasteiger partial charge >= 0.3 is 0 Å². The zero-order valence-corrected chi connectivity index (χ0v) is 18.1. The molecule has 0 saturated heterocycles. The molecule has 0 fully saturated rings. The summed E-state index contributed by atoms with van der Waals surface area (Å²) < 4.78 is 5.98. The predicted molar refractivity (Wildman–Crippen MR) is 125 cm³/mol. The summed E-state index contributed by atoms with van der Waals surface area (Å²) in [7, 11) is 0. The standard InChI is InChI=1S/C25H23ClN4O2/c26-20-11-13-28-22(15-20)18-8-4-9-19(14-18)24(31)30-21(10-5-12-27)25-29-16-23(32-25)17-6-2-1-3-7-17/h1-4,6-9,11,13-16,21H,5,10,12,27H2,(H,30,31)/t21-/m0/s1. The van der Waals surface area contributed by atoms with Gasteiger partial charge in [-0.3, -0.25) is 9.78 Å². The lowest BCUT2D eigenvalue weighted by molar-refractivity contribution is 0.0927. The smallest absolute Gasteiger partial charge is 0.251 e. The van der Waals surface area contributed by atoms with Gasteiger partial charge in [-0.05, 0) is 43.7 Å². The van der Waals surface area contributed by atoms with E-state index in [-0.39, 0.29) is 5.91 Å². The minimum absolute atomic E-state index is 0.227. The van der Waals surface area contributed by atoms with Crippen LogP contribution in [-0.4, -0.2) is 22.4 Å². The van der Waals surface area contributed by atoms with E-state index in [0.717, 1.165) is 17.5 Å². The third-order valence-corrected chi connectivity index (χ3v) is 5.26. The number of nitrogens with zero attached hydrogens (tertiary/aromatic N) is 2. The molecule has 3 N–H and O–H groups in total. The molecule has 2 aromatic heterocycles. The van der Waals surface area contributed by atoms with Gasteiger partial charge in [0.25, 0.3) is 5.91 Å². The highest BCUT2D eigenvalue weighted by Crippen LogP contribution is 2.26. The van der Waals surface area contributed by atoms with E-state index in [0.29, 0.717) is 40.9 Å². The molecule has 0 aliphatic carbocycles. The van der Waals surface area contributed by atoms with Gasteiger partial charge in [-0.1, -0.05) is 54.1 Å². The molecule has 2 aromatic carbocycles. The van der Waals surface area contributed by atoms with Gasteiger partial charge in [-0.2, -0.15) is 0 Å². The van der Waals surface area contributed by atoms with Gasteiger partial charge in [-0.25, -0.2) is 4.98 Å². The molecule has 0 bridgehead atoms. The van der Waals surface area contributed by atoms with Crippen molar-refractivity contribution in [1.29, 1.82) is 0 Å². The van der Waals surface area contributed by atoms with Crippen molar-refractivity contribution < 1.29 is 9.21 Å². The number of nitrogens with two attached hydrogens (primary N) is 1. The van der Waals surface area contributed by atoms with Crippen LogP contribution in [0.15, 0.2) is 83.5 Å². The molecule has 0 saturated carbocycles. The molecule has 7 heteroatoms. The zero-order chi connectivity index (χ0) is 22.3. The van der Waals surface area contributed by atoms with Gasteiger partial charge in [0.15, 0.2) is 5.76 Å². The minimum atomic E-state index is -0.392. The van der Waals surface area contributed by atoms with Crippen LogP contribution in [0.4, 0.5) is 0 Å². The van der Waals surface area contributed by atoms with Crippen LogP contribution in [0.3, 0.4) is 0 Å². The predicted octanol–water partition coefficient (Wildman–Crippen LogP) is 5.27. The van der Waals surface area contributed by atoms with Crippen molar-refractivity contribution >= 4 is 17.5 Å². The van der Waals surface area contributed by atoms with Crippen molar-refractivity contribution in [1.82, 2.24) is 15.3 Å². The number of rotatable bonds is 8. The molecule has 0 unspecified atom stereocenters. The zero-order valence-electron chi connectivity index (χ0n) is 17.4. The summed E-state index contributed by atoms with van der Waals surface area (Å²) >= 11 is 6.08. The molecule has 4 rings (SSSR count). The molecular formula is C25H23ClN4O2. The van der Waals surface area contributed by atoms with Gasteiger partial charge in [0.1, 0.15) is 6.04 Å². The van der Waals surface area contributed by atoms with Gasteiger partial charge in [-0.15, -0.1) is 0 Å².